The Morgan fingerprint density at radius 2 is 0.551 bits per heavy atom. The maximum atomic E-state index is 6.68. The van der Waals surface area contributed by atoms with Crippen LogP contribution in [-0.4, -0.2) is 18.3 Å². The molecule has 0 aliphatic carbocycles. The largest absolute Gasteiger partial charge is 0.494 e. The zero-order valence-corrected chi connectivity index (χ0v) is 54.9. The van der Waals surface area contributed by atoms with Crippen molar-refractivity contribution < 1.29 is 27.0 Å². The van der Waals surface area contributed by atoms with E-state index in [1.165, 1.54) is 86.9 Å². The monoisotopic (exact) mass is 1280 g/mol. The van der Waals surface area contributed by atoms with Crippen LogP contribution in [0.2, 0.25) is 5.02 Å². The molecule has 1 fully saturated rings. The van der Waals surface area contributed by atoms with Crippen molar-refractivity contribution >= 4 is 177 Å². The van der Waals surface area contributed by atoms with Gasteiger partial charge in [-0.2, -0.15) is 0 Å². The van der Waals surface area contributed by atoms with E-state index >= 15 is 0 Å². The van der Waals surface area contributed by atoms with Gasteiger partial charge in [0, 0.05) is 48.7 Å². The molecule has 98 heavy (non-hydrogen) atoms. The van der Waals surface area contributed by atoms with Gasteiger partial charge in [-0.05, 0) is 186 Å². The Morgan fingerprint density at radius 3 is 1.04 bits per heavy atom. The van der Waals surface area contributed by atoms with E-state index in [2.05, 4.69) is 264 Å². The van der Waals surface area contributed by atoms with Crippen LogP contribution in [0.4, 0.5) is 0 Å². The fourth-order valence-corrected chi connectivity index (χ4v) is 15.4. The number of rotatable bonds is 4. The maximum Gasteiger partial charge on any atom is 0.494 e. The zero-order valence-electron chi connectivity index (χ0n) is 54.1. The third kappa shape index (κ3) is 9.18. The molecule has 0 radical (unpaired) electrons. The lowest BCUT2D eigenvalue weighted by Gasteiger charge is -2.32. The molecule has 16 aromatic carbocycles. The molecule has 1 saturated heterocycles. The Balaban J connectivity index is 0.000000110. The van der Waals surface area contributed by atoms with Gasteiger partial charge in [-0.25, -0.2) is 0 Å². The third-order valence-electron chi connectivity index (χ3n) is 20.7. The van der Waals surface area contributed by atoms with Crippen molar-refractivity contribution in [1.82, 2.24) is 0 Å². The molecular formula is C90H60BClO6. The Labute approximate surface area is 568 Å². The molecule has 21 rings (SSSR count). The van der Waals surface area contributed by atoms with Crippen LogP contribution in [0.25, 0.3) is 186 Å². The topological polar surface area (TPSA) is 71.0 Å². The van der Waals surface area contributed by atoms with Crippen LogP contribution in [0, 0.1) is 0 Å². The lowest BCUT2D eigenvalue weighted by molar-refractivity contribution is 0.00578. The van der Waals surface area contributed by atoms with Gasteiger partial charge in [0.15, 0.2) is 27.9 Å². The minimum Gasteiger partial charge on any atom is -0.452 e. The second kappa shape index (κ2) is 22.3. The Morgan fingerprint density at radius 1 is 0.235 bits per heavy atom. The molecule has 0 unspecified atom stereocenters. The van der Waals surface area contributed by atoms with Gasteiger partial charge in [0.05, 0.1) is 16.2 Å². The summed E-state index contributed by atoms with van der Waals surface area (Å²) in [7, 11) is -0.361. The molecule has 0 amide bonds. The fourth-order valence-electron chi connectivity index (χ4n) is 15.2. The highest BCUT2D eigenvalue weighted by Gasteiger charge is 2.51. The van der Waals surface area contributed by atoms with Gasteiger partial charge in [0.2, 0.25) is 0 Å². The van der Waals surface area contributed by atoms with Crippen molar-refractivity contribution in [3.63, 3.8) is 0 Å². The highest BCUT2D eigenvalue weighted by Crippen LogP contribution is 2.46. The smallest absolute Gasteiger partial charge is 0.452 e. The Kier molecular flexibility index (Phi) is 13.2. The van der Waals surface area contributed by atoms with Crippen molar-refractivity contribution in [2.24, 2.45) is 0 Å². The molecule has 0 bridgehead atoms. The Hall–Kier alpha value is -11.4. The van der Waals surface area contributed by atoms with E-state index in [9.17, 15) is 0 Å². The molecule has 8 heteroatoms. The van der Waals surface area contributed by atoms with Crippen molar-refractivity contribution in [3.8, 4) is 33.4 Å². The Bertz CT molecular complexity index is 6600. The lowest BCUT2D eigenvalue weighted by atomic mass is 9.78. The first-order chi connectivity index (χ1) is 48.0. The van der Waals surface area contributed by atoms with E-state index in [0.717, 1.165) is 98.8 Å². The van der Waals surface area contributed by atoms with E-state index in [1.54, 1.807) is 0 Å². The molecule has 0 N–H and O–H groups in total. The van der Waals surface area contributed by atoms with Crippen LogP contribution in [0.1, 0.15) is 27.7 Å². The second-order valence-electron chi connectivity index (χ2n) is 26.8. The SMILES string of the molecule is CC1(C)OB(c2cccc(-c3ccc4c5ccccc5c5ccccc5c4c3)c2)OC1(C)C.Clc1cccc2c1oc1c2ccc2c3ccccc3oc21.c1cc(-c2ccc3c4ccccc4c4ccccc4c3c2)cc(-c2cccc3c2oc2c3ccc3c4ccccc4oc32)c1. The average Bonchev–Trinajstić information content (AvgIpc) is 1.59. The molecule has 0 spiro atoms. The summed E-state index contributed by atoms with van der Waals surface area (Å²) in [5, 5.41) is 24.6. The molecule has 4 aromatic heterocycles. The molecule has 1 aliphatic rings. The quantitative estimate of drug-likeness (QED) is 0.129. The van der Waals surface area contributed by atoms with Gasteiger partial charge in [-0.1, -0.05) is 242 Å². The van der Waals surface area contributed by atoms with Crippen molar-refractivity contribution in [2.75, 3.05) is 0 Å². The number of furan rings is 4. The first-order valence-corrected chi connectivity index (χ1v) is 33.8. The number of hydrogen-bond acceptors (Lipinski definition) is 6. The van der Waals surface area contributed by atoms with Crippen LogP contribution in [0.15, 0.2) is 309 Å². The molecule has 20 aromatic rings. The summed E-state index contributed by atoms with van der Waals surface area (Å²) in [5.41, 5.74) is 13.7. The van der Waals surface area contributed by atoms with E-state index in [-0.39, 0.29) is 18.3 Å². The number of hydrogen-bond donors (Lipinski definition) is 0. The summed E-state index contributed by atoms with van der Waals surface area (Å²) in [4.78, 5) is 0. The van der Waals surface area contributed by atoms with Gasteiger partial charge in [0.1, 0.15) is 16.7 Å². The van der Waals surface area contributed by atoms with Gasteiger partial charge < -0.3 is 27.0 Å². The number of benzene rings is 16. The molecular weight excluding hydrogens is 1220 g/mol. The minimum atomic E-state index is -0.361. The minimum absolute atomic E-state index is 0.351. The third-order valence-corrected chi connectivity index (χ3v) is 21.0. The van der Waals surface area contributed by atoms with E-state index in [4.69, 9.17) is 38.6 Å². The molecule has 466 valence electrons. The second-order valence-corrected chi connectivity index (χ2v) is 27.2. The van der Waals surface area contributed by atoms with Crippen molar-refractivity contribution in [1.29, 1.82) is 0 Å². The maximum absolute atomic E-state index is 6.68. The van der Waals surface area contributed by atoms with Crippen LogP contribution in [0.3, 0.4) is 0 Å². The molecule has 0 saturated carbocycles. The number of fused-ring (bicyclic) bond motifs is 26. The van der Waals surface area contributed by atoms with Gasteiger partial charge >= 0.3 is 7.12 Å². The molecule has 0 atom stereocenters. The summed E-state index contributed by atoms with van der Waals surface area (Å²) in [5.74, 6) is 0. The zero-order chi connectivity index (χ0) is 65.5. The molecule has 6 nitrogen and oxygen atoms in total. The summed E-state index contributed by atoms with van der Waals surface area (Å²) < 4.78 is 37.6. The fraction of sp³-hybridized carbons (Fsp3) is 0.0667. The lowest BCUT2D eigenvalue weighted by Crippen LogP contribution is -2.41. The predicted octanol–water partition coefficient (Wildman–Crippen LogP) is 25.5. The average molecular weight is 1280 g/mol. The van der Waals surface area contributed by atoms with Crippen molar-refractivity contribution in [2.45, 2.75) is 38.9 Å². The van der Waals surface area contributed by atoms with Crippen molar-refractivity contribution in [3.05, 3.63) is 296 Å². The highest BCUT2D eigenvalue weighted by atomic mass is 35.5. The van der Waals surface area contributed by atoms with Crippen LogP contribution >= 0.6 is 11.6 Å². The van der Waals surface area contributed by atoms with Gasteiger partial charge in [-0.15, -0.1) is 0 Å². The highest BCUT2D eigenvalue weighted by molar-refractivity contribution is 6.62. The van der Waals surface area contributed by atoms with Crippen LogP contribution in [-0.2, 0) is 9.31 Å². The first kappa shape index (κ1) is 58.0. The van der Waals surface area contributed by atoms with E-state index in [0.29, 0.717) is 10.6 Å². The summed E-state index contributed by atoms with van der Waals surface area (Å²) in [6.07, 6.45) is 0. The summed E-state index contributed by atoms with van der Waals surface area (Å²) in [6.45, 7) is 8.37. The van der Waals surface area contributed by atoms with Gasteiger partial charge in [-0.3, -0.25) is 0 Å². The van der Waals surface area contributed by atoms with E-state index in [1.807, 2.05) is 54.6 Å². The van der Waals surface area contributed by atoms with E-state index < -0.39 is 0 Å². The summed E-state index contributed by atoms with van der Waals surface area (Å²) >= 11 is 6.23. The standard InChI is InChI=1S/C42H24O2.C30H27BO2.C18H9ClO2/c1-2-13-31-29(11-1)30-12-3-4-14-32(30)38-24-26(19-20-33(31)38)25-9-7-10-27(23-25)28-16-8-17-35-37-22-21-36-34-15-5-6-18-39(34)43-41(36)42(37)44-40(28)35;1-29(2)30(3,4)33-31(32-29)22-11-9-10-20(18-22)21-16-17-27-25-14-6-5-12-23(25)24-13-7-8-15-26(24)28(27)19-21;19-14-6-3-5-11-13-9-8-12-10-4-1-2-7-15(10)20-17(12)18(13)21-16(11)14/h1-24H;5-19H,1-4H3;1-9H. The van der Waals surface area contributed by atoms with Crippen LogP contribution in [0.5, 0.6) is 0 Å². The normalized spacial score (nSPS) is 13.8. The number of para-hydroxylation sites is 4. The molecule has 5 heterocycles. The first-order valence-electron chi connectivity index (χ1n) is 33.4. The number of halogens is 1. The molecule has 1 aliphatic heterocycles. The summed E-state index contributed by atoms with van der Waals surface area (Å²) in [6, 6.07) is 103. The van der Waals surface area contributed by atoms with Crippen LogP contribution < -0.4 is 5.46 Å². The predicted molar refractivity (Wildman–Crippen MR) is 411 cm³/mol. The van der Waals surface area contributed by atoms with Gasteiger partial charge in [0.25, 0.3) is 0 Å².